The van der Waals surface area contributed by atoms with Gasteiger partial charge in [0, 0.05) is 13.2 Å². The molecule has 96 valence electrons. The second-order valence-corrected chi connectivity index (χ2v) is 4.99. The van der Waals surface area contributed by atoms with Gasteiger partial charge in [-0.2, -0.15) is 0 Å². The van der Waals surface area contributed by atoms with Crippen molar-refractivity contribution in [2.45, 2.75) is 39.0 Å². The molecule has 0 aliphatic heterocycles. The summed E-state index contributed by atoms with van der Waals surface area (Å²) in [5.41, 5.74) is 2.66. The molecule has 0 aliphatic carbocycles. The predicted molar refractivity (Wildman–Crippen MR) is 71.1 cm³/mol. The minimum Gasteiger partial charge on any atom is -0.396 e. The molecule has 1 aromatic carbocycles. The third kappa shape index (κ3) is 4.88. The molecule has 0 fully saturated rings. The number of hydrogen-bond acceptors (Lipinski definition) is 2. The number of aliphatic hydroxyl groups excluding tert-OH is 2. The van der Waals surface area contributed by atoms with Crippen LogP contribution in [0, 0.1) is 5.92 Å². The Bertz CT molecular complexity index is 314. The lowest BCUT2D eigenvalue weighted by Crippen LogP contribution is -2.09. The van der Waals surface area contributed by atoms with E-state index in [0.717, 1.165) is 19.3 Å². The van der Waals surface area contributed by atoms with Crippen LogP contribution in [0.3, 0.4) is 0 Å². The first-order valence-electron chi connectivity index (χ1n) is 6.48. The van der Waals surface area contributed by atoms with Crippen molar-refractivity contribution in [3.8, 4) is 0 Å². The van der Waals surface area contributed by atoms with Gasteiger partial charge in [-0.15, -0.1) is 0 Å². The Kier molecular flexibility index (Phi) is 6.23. The van der Waals surface area contributed by atoms with E-state index in [0.29, 0.717) is 11.8 Å². The molecule has 0 aromatic heterocycles. The lowest BCUT2D eigenvalue weighted by molar-refractivity contribution is 0.215. The third-order valence-corrected chi connectivity index (χ3v) is 3.22. The first kappa shape index (κ1) is 14.2. The zero-order chi connectivity index (χ0) is 12.7. The highest BCUT2D eigenvalue weighted by molar-refractivity contribution is 5.26. The van der Waals surface area contributed by atoms with E-state index in [9.17, 15) is 0 Å². The topological polar surface area (TPSA) is 40.5 Å². The van der Waals surface area contributed by atoms with Gasteiger partial charge >= 0.3 is 0 Å². The van der Waals surface area contributed by atoms with E-state index in [1.54, 1.807) is 0 Å². The van der Waals surface area contributed by atoms with E-state index in [1.807, 2.05) is 0 Å². The van der Waals surface area contributed by atoms with E-state index in [1.165, 1.54) is 11.1 Å². The molecule has 0 unspecified atom stereocenters. The van der Waals surface area contributed by atoms with Gasteiger partial charge in [-0.05, 0) is 42.2 Å². The minimum atomic E-state index is 0.203. The zero-order valence-electron chi connectivity index (χ0n) is 10.9. The molecule has 0 aliphatic rings. The fourth-order valence-electron chi connectivity index (χ4n) is 2.13. The average Bonchev–Trinajstić information content (AvgIpc) is 2.30. The highest BCUT2D eigenvalue weighted by atomic mass is 16.3. The van der Waals surface area contributed by atoms with E-state index < -0.39 is 0 Å². The summed E-state index contributed by atoms with van der Waals surface area (Å²) >= 11 is 0. The summed E-state index contributed by atoms with van der Waals surface area (Å²) in [6.45, 7) is 4.79. The van der Waals surface area contributed by atoms with Crippen LogP contribution in [-0.4, -0.2) is 23.4 Å². The number of hydrogen-bond donors (Lipinski definition) is 2. The SMILES string of the molecule is CC(C)c1cccc(CC(CCO)CCO)c1. The molecule has 2 nitrogen and oxygen atoms in total. The van der Waals surface area contributed by atoms with Crippen LogP contribution in [-0.2, 0) is 6.42 Å². The highest BCUT2D eigenvalue weighted by Crippen LogP contribution is 2.20. The summed E-state index contributed by atoms with van der Waals surface area (Å²) in [7, 11) is 0. The van der Waals surface area contributed by atoms with Crippen molar-refractivity contribution < 1.29 is 10.2 Å². The van der Waals surface area contributed by atoms with Gasteiger partial charge in [0.15, 0.2) is 0 Å². The highest BCUT2D eigenvalue weighted by Gasteiger charge is 2.09. The van der Waals surface area contributed by atoms with Crippen LogP contribution in [0.2, 0.25) is 0 Å². The lowest BCUT2D eigenvalue weighted by atomic mass is 9.91. The smallest absolute Gasteiger partial charge is 0.0433 e. The molecule has 0 saturated heterocycles. The Morgan fingerprint density at radius 2 is 1.71 bits per heavy atom. The summed E-state index contributed by atoms with van der Waals surface area (Å²) < 4.78 is 0. The van der Waals surface area contributed by atoms with Gasteiger partial charge in [-0.1, -0.05) is 38.1 Å². The van der Waals surface area contributed by atoms with Gasteiger partial charge in [0.2, 0.25) is 0 Å². The van der Waals surface area contributed by atoms with Crippen LogP contribution in [0.1, 0.15) is 43.7 Å². The summed E-state index contributed by atoms with van der Waals surface area (Å²) in [6, 6.07) is 8.63. The largest absolute Gasteiger partial charge is 0.396 e. The Labute approximate surface area is 104 Å². The fourth-order valence-corrected chi connectivity index (χ4v) is 2.13. The quantitative estimate of drug-likeness (QED) is 0.764. The molecule has 17 heavy (non-hydrogen) atoms. The van der Waals surface area contributed by atoms with Gasteiger partial charge in [0.25, 0.3) is 0 Å². The molecule has 0 atom stereocenters. The number of rotatable bonds is 7. The van der Waals surface area contributed by atoms with E-state index in [-0.39, 0.29) is 13.2 Å². The molecule has 0 amide bonds. The molecule has 0 saturated carbocycles. The monoisotopic (exact) mass is 236 g/mol. The molecule has 2 N–H and O–H groups in total. The maximum absolute atomic E-state index is 9.00. The van der Waals surface area contributed by atoms with Crippen molar-refractivity contribution in [1.29, 1.82) is 0 Å². The summed E-state index contributed by atoms with van der Waals surface area (Å²) in [4.78, 5) is 0. The third-order valence-electron chi connectivity index (χ3n) is 3.22. The zero-order valence-corrected chi connectivity index (χ0v) is 10.9. The van der Waals surface area contributed by atoms with Crippen LogP contribution in [0.4, 0.5) is 0 Å². The number of benzene rings is 1. The molecule has 0 heterocycles. The standard InChI is InChI=1S/C15H24O2/c1-12(2)15-5-3-4-14(11-15)10-13(6-8-16)7-9-17/h3-5,11-13,16-17H,6-10H2,1-2H3. The Morgan fingerprint density at radius 3 is 2.24 bits per heavy atom. The summed E-state index contributed by atoms with van der Waals surface area (Å²) in [5.74, 6) is 0.927. The normalized spacial score (nSPS) is 11.4. The van der Waals surface area contributed by atoms with E-state index in [4.69, 9.17) is 10.2 Å². The van der Waals surface area contributed by atoms with Gasteiger partial charge < -0.3 is 10.2 Å². The van der Waals surface area contributed by atoms with Crippen molar-refractivity contribution in [2.75, 3.05) is 13.2 Å². The van der Waals surface area contributed by atoms with Crippen LogP contribution in [0.15, 0.2) is 24.3 Å². The van der Waals surface area contributed by atoms with Crippen molar-refractivity contribution in [1.82, 2.24) is 0 Å². The molecule has 0 spiro atoms. The number of aliphatic hydroxyl groups is 2. The average molecular weight is 236 g/mol. The second kappa shape index (κ2) is 7.46. The summed E-state index contributed by atoms with van der Waals surface area (Å²) in [5, 5.41) is 18.0. The Morgan fingerprint density at radius 1 is 1.06 bits per heavy atom. The van der Waals surface area contributed by atoms with Crippen LogP contribution in [0.25, 0.3) is 0 Å². The molecule has 1 aromatic rings. The van der Waals surface area contributed by atoms with Gasteiger partial charge in [0.05, 0.1) is 0 Å². The molecule has 1 rings (SSSR count). The summed E-state index contributed by atoms with van der Waals surface area (Å²) in [6.07, 6.45) is 2.49. The lowest BCUT2D eigenvalue weighted by Gasteiger charge is -2.15. The minimum absolute atomic E-state index is 0.203. The first-order valence-corrected chi connectivity index (χ1v) is 6.48. The Balaban J connectivity index is 2.67. The van der Waals surface area contributed by atoms with Crippen molar-refractivity contribution in [2.24, 2.45) is 5.92 Å². The van der Waals surface area contributed by atoms with Crippen LogP contribution >= 0.6 is 0 Å². The molecular weight excluding hydrogens is 212 g/mol. The van der Waals surface area contributed by atoms with Crippen molar-refractivity contribution in [3.05, 3.63) is 35.4 Å². The Hall–Kier alpha value is -0.860. The van der Waals surface area contributed by atoms with Crippen LogP contribution in [0.5, 0.6) is 0 Å². The van der Waals surface area contributed by atoms with E-state index in [2.05, 4.69) is 38.1 Å². The van der Waals surface area contributed by atoms with Gasteiger partial charge in [-0.3, -0.25) is 0 Å². The molecule has 2 heteroatoms. The van der Waals surface area contributed by atoms with Gasteiger partial charge in [0.1, 0.15) is 0 Å². The van der Waals surface area contributed by atoms with Crippen LogP contribution < -0.4 is 0 Å². The van der Waals surface area contributed by atoms with Crippen molar-refractivity contribution >= 4 is 0 Å². The van der Waals surface area contributed by atoms with Gasteiger partial charge in [-0.25, -0.2) is 0 Å². The fraction of sp³-hybridized carbons (Fsp3) is 0.600. The maximum Gasteiger partial charge on any atom is 0.0433 e. The van der Waals surface area contributed by atoms with Crippen molar-refractivity contribution in [3.63, 3.8) is 0 Å². The molecule has 0 radical (unpaired) electrons. The first-order chi connectivity index (χ1) is 8.17. The second-order valence-electron chi connectivity index (χ2n) is 4.99. The van der Waals surface area contributed by atoms with E-state index >= 15 is 0 Å². The maximum atomic E-state index is 9.00. The predicted octanol–water partition coefficient (Wildman–Crippen LogP) is 2.73. The molecular formula is C15H24O2. The molecule has 0 bridgehead atoms.